The lowest BCUT2D eigenvalue weighted by Crippen LogP contribution is -2.27. The van der Waals surface area contributed by atoms with E-state index in [-0.39, 0.29) is 6.61 Å². The molecule has 1 rings (SSSR count). The predicted octanol–water partition coefficient (Wildman–Crippen LogP) is 2.45. The highest BCUT2D eigenvalue weighted by atomic mass is 16.3. The summed E-state index contributed by atoms with van der Waals surface area (Å²) in [6.07, 6.45) is 5.51. The largest absolute Gasteiger partial charge is 0.395 e. The quantitative estimate of drug-likeness (QED) is 0.735. The van der Waals surface area contributed by atoms with E-state index in [2.05, 4.69) is 43.0 Å². The number of aliphatic hydroxyl groups is 1. The van der Waals surface area contributed by atoms with Crippen molar-refractivity contribution in [1.82, 2.24) is 14.7 Å². The van der Waals surface area contributed by atoms with Gasteiger partial charge in [0, 0.05) is 25.3 Å². The summed E-state index contributed by atoms with van der Waals surface area (Å²) in [7, 11) is 0. The summed E-state index contributed by atoms with van der Waals surface area (Å²) in [6, 6.07) is 2.54. The van der Waals surface area contributed by atoms with Crippen molar-refractivity contribution < 1.29 is 5.11 Å². The molecular weight excluding hydrogens is 226 g/mol. The predicted molar refractivity (Wildman–Crippen MR) is 74.5 cm³/mol. The molecule has 0 saturated heterocycles. The smallest absolute Gasteiger partial charge is 0.0764 e. The number of aromatic nitrogens is 2. The van der Waals surface area contributed by atoms with Crippen molar-refractivity contribution in [3.05, 3.63) is 18.0 Å². The second-order valence-electron chi connectivity index (χ2n) is 4.90. The highest BCUT2D eigenvalue weighted by Crippen LogP contribution is 2.10. The zero-order chi connectivity index (χ0) is 13.4. The third kappa shape index (κ3) is 4.78. The van der Waals surface area contributed by atoms with E-state index in [1.165, 1.54) is 12.8 Å². The van der Waals surface area contributed by atoms with Gasteiger partial charge in [0.15, 0.2) is 0 Å². The lowest BCUT2D eigenvalue weighted by Gasteiger charge is -2.19. The van der Waals surface area contributed by atoms with Gasteiger partial charge in [0.1, 0.15) is 0 Å². The summed E-state index contributed by atoms with van der Waals surface area (Å²) in [5, 5.41) is 13.7. The molecule has 0 spiro atoms. The Morgan fingerprint density at radius 2 is 2.17 bits per heavy atom. The van der Waals surface area contributed by atoms with Crippen molar-refractivity contribution in [2.45, 2.75) is 52.6 Å². The van der Waals surface area contributed by atoms with E-state index in [9.17, 15) is 0 Å². The van der Waals surface area contributed by atoms with Gasteiger partial charge < -0.3 is 5.11 Å². The van der Waals surface area contributed by atoms with Crippen LogP contribution < -0.4 is 0 Å². The average molecular weight is 253 g/mol. The molecule has 0 aliphatic carbocycles. The van der Waals surface area contributed by atoms with Gasteiger partial charge >= 0.3 is 0 Å². The minimum absolute atomic E-state index is 0.218. The van der Waals surface area contributed by atoms with Gasteiger partial charge in [-0.15, -0.1) is 0 Å². The molecule has 0 aromatic carbocycles. The van der Waals surface area contributed by atoms with Gasteiger partial charge in [-0.3, -0.25) is 9.58 Å². The highest BCUT2D eigenvalue weighted by molar-refractivity contribution is 4.99. The molecule has 0 aliphatic heterocycles. The molecule has 0 aliphatic rings. The first-order chi connectivity index (χ1) is 8.71. The van der Waals surface area contributed by atoms with E-state index in [1.807, 2.05) is 4.68 Å². The molecule has 18 heavy (non-hydrogen) atoms. The number of unbranched alkanes of at least 4 members (excludes halogenated alkanes) is 1. The lowest BCUT2D eigenvalue weighted by atomic mass is 10.3. The van der Waals surface area contributed by atoms with Crippen LogP contribution in [0.2, 0.25) is 0 Å². The molecule has 4 heteroatoms. The fourth-order valence-electron chi connectivity index (χ4n) is 1.92. The molecule has 0 amide bonds. The normalized spacial score (nSPS) is 13.2. The Balaban J connectivity index is 2.54. The van der Waals surface area contributed by atoms with Gasteiger partial charge in [-0.1, -0.05) is 20.3 Å². The van der Waals surface area contributed by atoms with Crippen LogP contribution in [0.25, 0.3) is 0 Å². The number of rotatable bonds is 9. The Bertz CT molecular complexity index is 325. The van der Waals surface area contributed by atoms with Gasteiger partial charge in [0.05, 0.1) is 12.3 Å². The number of aliphatic hydroxyl groups excluding tert-OH is 1. The fraction of sp³-hybridized carbons (Fsp3) is 0.786. The Hall–Kier alpha value is -0.870. The molecule has 0 saturated carbocycles. The Kier molecular flexibility index (Phi) is 6.98. The standard InChI is InChI=1S/C14H27N3O/c1-4-6-8-16(10-11-18)12-14-7-9-17(15-14)13(3)5-2/h7,9,13,18H,4-6,8,10-12H2,1-3H3. The minimum Gasteiger partial charge on any atom is -0.395 e. The van der Waals surface area contributed by atoms with Crippen LogP contribution in [0.15, 0.2) is 12.3 Å². The van der Waals surface area contributed by atoms with Gasteiger partial charge in [0.25, 0.3) is 0 Å². The summed E-state index contributed by atoms with van der Waals surface area (Å²) in [4.78, 5) is 2.27. The van der Waals surface area contributed by atoms with E-state index < -0.39 is 0 Å². The van der Waals surface area contributed by atoms with Crippen molar-refractivity contribution >= 4 is 0 Å². The van der Waals surface area contributed by atoms with Crippen LogP contribution in [-0.2, 0) is 6.54 Å². The van der Waals surface area contributed by atoms with E-state index in [1.54, 1.807) is 0 Å². The van der Waals surface area contributed by atoms with Gasteiger partial charge in [-0.2, -0.15) is 5.10 Å². The van der Waals surface area contributed by atoms with E-state index >= 15 is 0 Å². The summed E-state index contributed by atoms with van der Waals surface area (Å²) >= 11 is 0. The molecule has 4 nitrogen and oxygen atoms in total. The Morgan fingerprint density at radius 1 is 1.39 bits per heavy atom. The summed E-state index contributed by atoms with van der Waals surface area (Å²) < 4.78 is 2.03. The summed E-state index contributed by atoms with van der Waals surface area (Å²) in [5.41, 5.74) is 1.10. The zero-order valence-corrected chi connectivity index (χ0v) is 12.0. The van der Waals surface area contributed by atoms with E-state index in [4.69, 9.17) is 5.11 Å². The first-order valence-electron chi connectivity index (χ1n) is 7.08. The molecular formula is C14H27N3O. The highest BCUT2D eigenvalue weighted by Gasteiger charge is 2.09. The SMILES string of the molecule is CCCCN(CCO)Cc1ccn(C(C)CC)n1. The van der Waals surface area contributed by atoms with Crippen molar-refractivity contribution in [2.24, 2.45) is 0 Å². The van der Waals surface area contributed by atoms with Crippen LogP contribution in [0.3, 0.4) is 0 Å². The maximum Gasteiger partial charge on any atom is 0.0764 e. The third-order valence-electron chi connectivity index (χ3n) is 3.34. The molecule has 0 bridgehead atoms. The third-order valence-corrected chi connectivity index (χ3v) is 3.34. The van der Waals surface area contributed by atoms with Crippen LogP contribution in [0, 0.1) is 0 Å². The van der Waals surface area contributed by atoms with Crippen LogP contribution in [0.1, 0.15) is 51.8 Å². The van der Waals surface area contributed by atoms with Gasteiger partial charge in [0.2, 0.25) is 0 Å². The van der Waals surface area contributed by atoms with Gasteiger partial charge in [-0.05, 0) is 32.4 Å². The molecule has 0 radical (unpaired) electrons. The lowest BCUT2D eigenvalue weighted by molar-refractivity contribution is 0.186. The zero-order valence-electron chi connectivity index (χ0n) is 12.0. The molecule has 0 fully saturated rings. The van der Waals surface area contributed by atoms with Crippen molar-refractivity contribution in [3.8, 4) is 0 Å². The monoisotopic (exact) mass is 253 g/mol. The van der Waals surface area contributed by atoms with E-state index in [0.717, 1.165) is 31.7 Å². The number of nitrogens with zero attached hydrogens (tertiary/aromatic N) is 3. The van der Waals surface area contributed by atoms with Crippen LogP contribution in [0.5, 0.6) is 0 Å². The van der Waals surface area contributed by atoms with Gasteiger partial charge in [-0.25, -0.2) is 0 Å². The summed E-state index contributed by atoms with van der Waals surface area (Å²) in [6.45, 7) is 9.36. The Labute approximate surface area is 111 Å². The molecule has 104 valence electrons. The second-order valence-corrected chi connectivity index (χ2v) is 4.90. The first kappa shape index (κ1) is 15.2. The minimum atomic E-state index is 0.218. The van der Waals surface area contributed by atoms with Crippen LogP contribution in [-0.4, -0.2) is 39.5 Å². The maximum atomic E-state index is 9.08. The molecule has 1 atom stereocenters. The molecule has 1 N–H and O–H groups in total. The fourth-order valence-corrected chi connectivity index (χ4v) is 1.92. The van der Waals surface area contributed by atoms with Crippen LogP contribution >= 0.6 is 0 Å². The molecule has 1 aromatic heterocycles. The molecule has 1 heterocycles. The van der Waals surface area contributed by atoms with E-state index in [0.29, 0.717) is 6.04 Å². The summed E-state index contributed by atoms with van der Waals surface area (Å²) in [5.74, 6) is 0. The van der Waals surface area contributed by atoms with Crippen molar-refractivity contribution in [3.63, 3.8) is 0 Å². The second kappa shape index (κ2) is 8.27. The topological polar surface area (TPSA) is 41.3 Å². The first-order valence-corrected chi connectivity index (χ1v) is 7.08. The molecule has 1 unspecified atom stereocenters. The van der Waals surface area contributed by atoms with Crippen molar-refractivity contribution in [1.29, 1.82) is 0 Å². The number of hydrogen-bond acceptors (Lipinski definition) is 3. The molecule has 1 aromatic rings. The average Bonchev–Trinajstić information content (AvgIpc) is 2.83. The Morgan fingerprint density at radius 3 is 2.78 bits per heavy atom. The van der Waals surface area contributed by atoms with Crippen LogP contribution in [0.4, 0.5) is 0 Å². The number of hydrogen-bond donors (Lipinski definition) is 1. The maximum absolute atomic E-state index is 9.08. The van der Waals surface area contributed by atoms with Crippen molar-refractivity contribution in [2.75, 3.05) is 19.7 Å².